The van der Waals surface area contributed by atoms with E-state index >= 15 is 0 Å². The van der Waals surface area contributed by atoms with Crippen LogP contribution >= 0.6 is 23.6 Å². The number of fused-ring (bicyclic) bond motifs is 3. The number of para-hydroxylation sites is 2. The van der Waals surface area contributed by atoms with Gasteiger partial charge in [0.1, 0.15) is 18.0 Å². The number of hydrogen-bond donors (Lipinski definition) is 0. The summed E-state index contributed by atoms with van der Waals surface area (Å²) in [6.45, 7) is 2.87. The van der Waals surface area contributed by atoms with E-state index in [2.05, 4.69) is 31.2 Å². The predicted octanol–water partition coefficient (Wildman–Crippen LogP) is 6.10. The highest BCUT2D eigenvalue weighted by Gasteiger charge is 2.18. The number of benzene rings is 3. The molecular formula is C25H20N2O2S2. The summed E-state index contributed by atoms with van der Waals surface area (Å²) in [6.07, 6.45) is 0. The van der Waals surface area contributed by atoms with Crippen molar-refractivity contribution in [3.05, 3.63) is 98.7 Å². The molecule has 154 valence electrons. The minimum Gasteiger partial charge on any atom is -0.492 e. The van der Waals surface area contributed by atoms with Gasteiger partial charge in [-0.1, -0.05) is 60.2 Å². The van der Waals surface area contributed by atoms with Gasteiger partial charge in [-0.15, -0.1) is 11.3 Å². The van der Waals surface area contributed by atoms with Crippen molar-refractivity contribution in [3.63, 3.8) is 0 Å². The molecular weight excluding hydrogens is 424 g/mol. The molecule has 0 unspecified atom stereocenters. The molecule has 4 nitrogen and oxygen atoms in total. The molecule has 5 aromatic rings. The number of rotatable bonds is 5. The van der Waals surface area contributed by atoms with E-state index in [9.17, 15) is 4.79 Å². The fraction of sp³-hybridized carbons (Fsp3) is 0.120. The number of aryl methyl sites for hydroxylation is 1. The van der Waals surface area contributed by atoms with Gasteiger partial charge < -0.3 is 4.74 Å². The normalized spacial score (nSPS) is 11.3. The number of nitrogens with zero attached hydrogens (tertiary/aromatic N) is 2. The Morgan fingerprint density at radius 2 is 1.65 bits per heavy atom. The quantitative estimate of drug-likeness (QED) is 0.307. The molecule has 0 saturated carbocycles. The van der Waals surface area contributed by atoms with E-state index in [1.807, 2.05) is 59.0 Å². The molecule has 2 heterocycles. The van der Waals surface area contributed by atoms with Crippen LogP contribution in [0.1, 0.15) is 5.56 Å². The van der Waals surface area contributed by atoms with Crippen molar-refractivity contribution in [3.8, 4) is 16.2 Å². The van der Waals surface area contributed by atoms with Gasteiger partial charge in [0.25, 0.3) is 5.56 Å². The maximum absolute atomic E-state index is 13.5. The van der Waals surface area contributed by atoms with Crippen LogP contribution in [0.25, 0.3) is 27.0 Å². The average Bonchev–Trinajstić information content (AvgIpc) is 3.14. The third-order valence-corrected chi connectivity index (χ3v) is 6.72. The molecule has 0 bridgehead atoms. The van der Waals surface area contributed by atoms with Crippen LogP contribution in [0.5, 0.6) is 5.75 Å². The second-order valence-corrected chi connectivity index (χ2v) is 9.00. The highest BCUT2D eigenvalue weighted by molar-refractivity contribution is 7.73. The summed E-state index contributed by atoms with van der Waals surface area (Å²) in [6, 6.07) is 25.6. The van der Waals surface area contributed by atoms with E-state index < -0.39 is 0 Å². The molecule has 6 heteroatoms. The summed E-state index contributed by atoms with van der Waals surface area (Å²) < 4.78 is 10.4. The topological polar surface area (TPSA) is 35.6 Å². The molecule has 31 heavy (non-hydrogen) atoms. The van der Waals surface area contributed by atoms with Gasteiger partial charge in [-0.3, -0.25) is 13.8 Å². The molecule has 0 spiro atoms. The molecule has 0 fully saturated rings. The second kappa shape index (κ2) is 8.13. The minimum atomic E-state index is -0.0339. The molecule has 2 aromatic heterocycles. The Bertz CT molecular complexity index is 1500. The molecule has 0 atom stereocenters. The van der Waals surface area contributed by atoms with E-state index in [0.29, 0.717) is 18.5 Å². The SMILES string of the molecule is Cc1ccc(-c2sc(=S)n3c4ccccc4c(=O)n(CCOc4ccccc4)c23)cc1. The maximum Gasteiger partial charge on any atom is 0.261 e. The van der Waals surface area contributed by atoms with Gasteiger partial charge in [0.2, 0.25) is 0 Å². The second-order valence-electron chi connectivity index (χ2n) is 7.36. The lowest BCUT2D eigenvalue weighted by molar-refractivity contribution is 0.298. The number of aromatic nitrogens is 2. The Labute approximate surface area is 188 Å². The Morgan fingerprint density at radius 1 is 0.935 bits per heavy atom. The Morgan fingerprint density at radius 3 is 2.42 bits per heavy atom. The first-order valence-electron chi connectivity index (χ1n) is 10.1. The third kappa shape index (κ3) is 3.58. The average molecular weight is 445 g/mol. The first-order valence-corrected chi connectivity index (χ1v) is 11.3. The molecule has 0 amide bonds. The summed E-state index contributed by atoms with van der Waals surface area (Å²) in [5.74, 6) is 0.785. The van der Waals surface area contributed by atoms with Crippen molar-refractivity contribution in [1.82, 2.24) is 8.97 Å². The summed E-state index contributed by atoms with van der Waals surface area (Å²) in [7, 11) is 0. The number of thiazole rings is 1. The summed E-state index contributed by atoms with van der Waals surface area (Å²) in [4.78, 5) is 14.5. The van der Waals surface area contributed by atoms with Gasteiger partial charge in [0.15, 0.2) is 3.95 Å². The first-order chi connectivity index (χ1) is 15.1. The van der Waals surface area contributed by atoms with E-state index in [-0.39, 0.29) is 5.56 Å². The van der Waals surface area contributed by atoms with Gasteiger partial charge in [0, 0.05) is 0 Å². The maximum atomic E-state index is 13.5. The van der Waals surface area contributed by atoms with Crippen LogP contribution in [-0.4, -0.2) is 15.6 Å². The van der Waals surface area contributed by atoms with Crippen LogP contribution in [-0.2, 0) is 6.54 Å². The molecule has 5 rings (SSSR count). The first kappa shape index (κ1) is 19.7. The molecule has 0 aliphatic rings. The molecule has 0 aliphatic carbocycles. The predicted molar refractivity (Wildman–Crippen MR) is 130 cm³/mol. The Hall–Kier alpha value is -3.22. The van der Waals surface area contributed by atoms with Crippen LogP contribution in [0.2, 0.25) is 0 Å². The van der Waals surface area contributed by atoms with Crippen molar-refractivity contribution in [2.45, 2.75) is 13.5 Å². The van der Waals surface area contributed by atoms with Gasteiger partial charge in [-0.2, -0.15) is 0 Å². The van der Waals surface area contributed by atoms with Crippen LogP contribution < -0.4 is 10.3 Å². The van der Waals surface area contributed by atoms with E-state index in [4.69, 9.17) is 17.0 Å². The van der Waals surface area contributed by atoms with Crippen molar-refractivity contribution in [2.24, 2.45) is 0 Å². The van der Waals surface area contributed by atoms with E-state index in [1.165, 1.54) is 16.9 Å². The monoisotopic (exact) mass is 444 g/mol. The van der Waals surface area contributed by atoms with Crippen molar-refractivity contribution in [2.75, 3.05) is 6.61 Å². The third-order valence-electron chi connectivity index (χ3n) is 5.30. The van der Waals surface area contributed by atoms with Gasteiger partial charge in [0.05, 0.1) is 22.3 Å². The summed E-state index contributed by atoms with van der Waals surface area (Å²) in [5, 5.41) is 0.652. The van der Waals surface area contributed by atoms with Crippen molar-refractivity contribution < 1.29 is 4.74 Å². The molecule has 0 N–H and O–H groups in total. The summed E-state index contributed by atoms with van der Waals surface area (Å²) >= 11 is 7.29. The highest BCUT2D eigenvalue weighted by atomic mass is 32.1. The van der Waals surface area contributed by atoms with Gasteiger partial charge >= 0.3 is 0 Å². The molecule has 3 aromatic carbocycles. The fourth-order valence-corrected chi connectivity index (χ4v) is 5.22. The van der Waals surface area contributed by atoms with Crippen LogP contribution in [0.4, 0.5) is 0 Å². The van der Waals surface area contributed by atoms with Crippen LogP contribution in [0, 0.1) is 10.9 Å². The van der Waals surface area contributed by atoms with Crippen molar-refractivity contribution in [1.29, 1.82) is 0 Å². The smallest absolute Gasteiger partial charge is 0.261 e. The zero-order chi connectivity index (χ0) is 21.4. The molecule has 0 aliphatic heterocycles. The van der Waals surface area contributed by atoms with E-state index in [0.717, 1.165) is 31.3 Å². The molecule has 0 saturated heterocycles. The number of ether oxygens (including phenoxy) is 1. The Kier molecular flexibility index (Phi) is 5.18. The lowest BCUT2D eigenvalue weighted by Gasteiger charge is -2.14. The lowest BCUT2D eigenvalue weighted by atomic mass is 10.1. The standard InChI is InChI=1S/C25H20N2O2S2/c1-17-11-13-18(14-12-17)22-23-26(15-16-29-19-7-3-2-4-8-19)24(28)20-9-5-6-10-21(20)27(23)25(30)31-22/h2-14H,15-16H2,1H3. The van der Waals surface area contributed by atoms with E-state index in [1.54, 1.807) is 4.57 Å². The largest absolute Gasteiger partial charge is 0.492 e. The lowest BCUT2D eigenvalue weighted by Crippen LogP contribution is -2.25. The zero-order valence-corrected chi connectivity index (χ0v) is 18.6. The van der Waals surface area contributed by atoms with Crippen molar-refractivity contribution >= 4 is 40.1 Å². The number of hydrogen-bond acceptors (Lipinski definition) is 4. The summed E-state index contributed by atoms with van der Waals surface area (Å²) in [5.41, 5.74) is 3.86. The van der Waals surface area contributed by atoms with Crippen LogP contribution in [0.15, 0.2) is 83.7 Å². The zero-order valence-electron chi connectivity index (χ0n) is 16.9. The Balaban J connectivity index is 1.71. The minimum absolute atomic E-state index is 0.0339. The van der Waals surface area contributed by atoms with Gasteiger partial charge in [-0.25, -0.2) is 0 Å². The molecule has 0 radical (unpaired) electrons. The highest BCUT2D eigenvalue weighted by Crippen LogP contribution is 2.33. The van der Waals surface area contributed by atoms with Crippen LogP contribution in [0.3, 0.4) is 0 Å². The fourth-order valence-electron chi connectivity index (χ4n) is 3.79. The van der Waals surface area contributed by atoms with Gasteiger partial charge in [-0.05, 0) is 49.0 Å².